The topological polar surface area (TPSA) is 67.5 Å². The number of nitrogens with one attached hydrogen (secondary N) is 1. The Hall–Kier alpha value is -3.03. The number of hydrogen-bond acceptors (Lipinski definition) is 5. The monoisotopic (exact) mass is 481 g/mol. The van der Waals surface area contributed by atoms with E-state index in [9.17, 15) is 4.79 Å². The van der Waals surface area contributed by atoms with Gasteiger partial charge in [-0.25, -0.2) is 4.98 Å². The molecule has 170 valence electrons. The van der Waals surface area contributed by atoms with Crippen LogP contribution in [0.4, 0.5) is 0 Å². The molecular formula is C25H24ClN3O3S. The second-order valence-corrected chi connectivity index (χ2v) is 9.47. The smallest absolute Gasteiger partial charge is 0.273 e. The number of carbonyl (C=O) groups is 1. The highest BCUT2D eigenvalue weighted by atomic mass is 35.5. The Balaban J connectivity index is 1.19. The number of amides is 1. The van der Waals surface area contributed by atoms with Crippen LogP contribution in [0.2, 0.25) is 5.02 Å². The summed E-state index contributed by atoms with van der Waals surface area (Å²) in [5, 5.41) is 4.46. The quantitative estimate of drug-likeness (QED) is 0.373. The molecule has 1 N–H and O–H groups in total. The number of piperidine rings is 1. The van der Waals surface area contributed by atoms with Crippen molar-refractivity contribution in [2.45, 2.75) is 25.4 Å². The van der Waals surface area contributed by atoms with Crippen LogP contribution in [0.25, 0.3) is 10.9 Å². The highest BCUT2D eigenvalue weighted by Gasteiger charge is 2.27. The first-order chi connectivity index (χ1) is 16.1. The number of aromatic nitrogens is 2. The Morgan fingerprint density at radius 2 is 1.94 bits per heavy atom. The van der Waals surface area contributed by atoms with Crippen molar-refractivity contribution in [2.24, 2.45) is 0 Å². The van der Waals surface area contributed by atoms with Crippen LogP contribution in [0.3, 0.4) is 0 Å². The summed E-state index contributed by atoms with van der Waals surface area (Å²) in [6, 6.07) is 13.3. The van der Waals surface area contributed by atoms with Crippen molar-refractivity contribution in [1.29, 1.82) is 0 Å². The zero-order valence-electron chi connectivity index (χ0n) is 18.2. The van der Waals surface area contributed by atoms with Gasteiger partial charge in [0.25, 0.3) is 5.91 Å². The Morgan fingerprint density at radius 1 is 1.18 bits per heavy atom. The van der Waals surface area contributed by atoms with Crippen molar-refractivity contribution in [1.82, 2.24) is 14.9 Å². The van der Waals surface area contributed by atoms with Crippen molar-refractivity contribution >= 4 is 39.7 Å². The number of thiazole rings is 1. The zero-order chi connectivity index (χ0) is 22.8. The fraction of sp³-hybridized carbons (Fsp3) is 0.280. The van der Waals surface area contributed by atoms with Gasteiger partial charge in [-0.1, -0.05) is 11.6 Å². The fourth-order valence-electron chi connectivity index (χ4n) is 4.29. The first-order valence-electron chi connectivity index (χ1n) is 10.9. The minimum Gasteiger partial charge on any atom is -0.497 e. The molecule has 0 saturated carbocycles. The molecule has 33 heavy (non-hydrogen) atoms. The number of halogens is 1. The van der Waals surface area contributed by atoms with Crippen LogP contribution in [-0.4, -0.2) is 41.0 Å². The number of ether oxygens (including phenoxy) is 2. The molecule has 1 fully saturated rings. The number of likely N-dealkylation sites (tertiary alicyclic amines) is 1. The van der Waals surface area contributed by atoms with E-state index in [0.29, 0.717) is 36.3 Å². The second-order valence-electron chi connectivity index (χ2n) is 8.09. The highest BCUT2D eigenvalue weighted by molar-refractivity contribution is 7.09. The number of rotatable bonds is 6. The maximum Gasteiger partial charge on any atom is 0.273 e. The Bertz CT molecular complexity index is 1260. The molecule has 0 unspecified atom stereocenters. The normalized spacial score (nSPS) is 14.5. The predicted octanol–water partition coefficient (Wildman–Crippen LogP) is 5.89. The summed E-state index contributed by atoms with van der Waals surface area (Å²) in [5.41, 5.74) is 2.90. The van der Waals surface area contributed by atoms with Crippen LogP contribution in [0.5, 0.6) is 11.5 Å². The first-order valence-corrected chi connectivity index (χ1v) is 12.1. The molecule has 2 aromatic heterocycles. The number of fused-ring (bicyclic) bond motifs is 1. The van der Waals surface area contributed by atoms with E-state index < -0.39 is 0 Å². The largest absolute Gasteiger partial charge is 0.497 e. The zero-order valence-corrected chi connectivity index (χ0v) is 19.8. The third kappa shape index (κ3) is 4.70. The van der Waals surface area contributed by atoms with Crippen molar-refractivity contribution in [3.63, 3.8) is 0 Å². The van der Waals surface area contributed by atoms with Crippen LogP contribution in [0, 0.1) is 0 Å². The lowest BCUT2D eigenvalue weighted by Gasteiger charge is -2.31. The van der Waals surface area contributed by atoms with Crippen molar-refractivity contribution in [3.05, 3.63) is 75.3 Å². The van der Waals surface area contributed by atoms with E-state index in [1.165, 1.54) is 22.3 Å². The molecule has 2 aromatic carbocycles. The van der Waals surface area contributed by atoms with Gasteiger partial charge < -0.3 is 19.4 Å². The van der Waals surface area contributed by atoms with Gasteiger partial charge in [0.2, 0.25) is 0 Å². The molecule has 0 atom stereocenters. The van der Waals surface area contributed by atoms with Gasteiger partial charge in [-0.05, 0) is 66.8 Å². The number of benzene rings is 2. The molecule has 0 aliphatic carbocycles. The van der Waals surface area contributed by atoms with E-state index in [1.807, 2.05) is 34.5 Å². The number of carbonyl (C=O) groups excluding carboxylic acids is 1. The highest BCUT2D eigenvalue weighted by Crippen LogP contribution is 2.35. The SMILES string of the molecule is COc1ccc2[nH]cc(C3CCN(C(=O)c4csc(COc5ccc(Cl)cc5)n4)CC3)c2c1. The van der Waals surface area contributed by atoms with Gasteiger partial charge in [-0.2, -0.15) is 0 Å². The van der Waals surface area contributed by atoms with Gasteiger partial charge in [-0.3, -0.25) is 4.79 Å². The van der Waals surface area contributed by atoms with Gasteiger partial charge in [-0.15, -0.1) is 11.3 Å². The van der Waals surface area contributed by atoms with Gasteiger partial charge in [0.05, 0.1) is 7.11 Å². The van der Waals surface area contributed by atoms with E-state index in [0.717, 1.165) is 34.9 Å². The van der Waals surface area contributed by atoms with Crippen molar-refractivity contribution in [3.8, 4) is 11.5 Å². The summed E-state index contributed by atoms with van der Waals surface area (Å²) in [4.78, 5) is 22.8. The second kappa shape index (κ2) is 9.45. The van der Waals surface area contributed by atoms with Crippen LogP contribution in [0.1, 0.15) is 39.8 Å². The van der Waals surface area contributed by atoms with Crippen LogP contribution in [-0.2, 0) is 6.61 Å². The molecule has 8 heteroatoms. The van der Waals surface area contributed by atoms with Gasteiger partial charge in [0, 0.05) is 40.6 Å². The summed E-state index contributed by atoms with van der Waals surface area (Å²) < 4.78 is 11.1. The first kappa shape index (κ1) is 21.8. The molecule has 1 saturated heterocycles. The number of H-pyrrole nitrogens is 1. The van der Waals surface area contributed by atoms with Gasteiger partial charge in [0.1, 0.15) is 28.8 Å². The third-order valence-electron chi connectivity index (χ3n) is 6.09. The summed E-state index contributed by atoms with van der Waals surface area (Å²) in [5.74, 6) is 1.98. The molecule has 0 radical (unpaired) electrons. The standard InChI is InChI=1S/C25H24ClN3O3S/c1-31-19-6-7-22-20(12-19)21(13-27-22)16-8-10-29(11-9-16)25(30)23-15-33-24(28-23)14-32-18-4-2-17(26)3-5-18/h2-7,12-13,15-16,27H,8-11,14H2,1H3. The number of nitrogens with zero attached hydrogens (tertiary/aromatic N) is 2. The third-order valence-corrected chi connectivity index (χ3v) is 7.16. The molecule has 4 aromatic rings. The lowest BCUT2D eigenvalue weighted by molar-refractivity contribution is 0.0708. The molecule has 0 spiro atoms. The molecule has 1 aliphatic heterocycles. The molecule has 1 aliphatic rings. The predicted molar refractivity (Wildman–Crippen MR) is 131 cm³/mol. The molecule has 0 bridgehead atoms. The number of hydrogen-bond donors (Lipinski definition) is 1. The molecule has 1 amide bonds. The van der Waals surface area contributed by atoms with Crippen LogP contribution < -0.4 is 9.47 Å². The maximum absolute atomic E-state index is 13.0. The Kier molecular flexibility index (Phi) is 6.24. The summed E-state index contributed by atoms with van der Waals surface area (Å²) in [6.07, 6.45) is 3.94. The van der Waals surface area contributed by atoms with E-state index >= 15 is 0 Å². The molecule has 5 rings (SSSR count). The summed E-state index contributed by atoms with van der Waals surface area (Å²) >= 11 is 7.34. The number of methoxy groups -OCH3 is 1. The minimum absolute atomic E-state index is 0.0111. The van der Waals surface area contributed by atoms with E-state index in [-0.39, 0.29) is 5.91 Å². The lowest BCUT2D eigenvalue weighted by Crippen LogP contribution is -2.38. The van der Waals surface area contributed by atoms with Crippen molar-refractivity contribution < 1.29 is 14.3 Å². The number of aromatic amines is 1. The van der Waals surface area contributed by atoms with Crippen LogP contribution in [0.15, 0.2) is 54.0 Å². The van der Waals surface area contributed by atoms with Gasteiger partial charge in [0.15, 0.2) is 0 Å². The van der Waals surface area contributed by atoms with E-state index in [4.69, 9.17) is 21.1 Å². The molecular weight excluding hydrogens is 458 g/mol. The van der Waals surface area contributed by atoms with E-state index in [1.54, 1.807) is 19.2 Å². The molecule has 3 heterocycles. The van der Waals surface area contributed by atoms with Crippen molar-refractivity contribution in [2.75, 3.05) is 20.2 Å². The van der Waals surface area contributed by atoms with E-state index in [2.05, 4.69) is 22.2 Å². The summed E-state index contributed by atoms with van der Waals surface area (Å²) in [7, 11) is 1.69. The average Bonchev–Trinajstić information content (AvgIpc) is 3.50. The minimum atomic E-state index is -0.0111. The maximum atomic E-state index is 13.0. The Labute approximate surface area is 201 Å². The summed E-state index contributed by atoms with van der Waals surface area (Å²) in [6.45, 7) is 1.76. The fourth-order valence-corrected chi connectivity index (χ4v) is 5.10. The average molecular weight is 482 g/mol. The molecule has 6 nitrogen and oxygen atoms in total. The Morgan fingerprint density at radius 3 is 2.70 bits per heavy atom. The van der Waals surface area contributed by atoms with Crippen LogP contribution >= 0.6 is 22.9 Å². The van der Waals surface area contributed by atoms with Gasteiger partial charge >= 0.3 is 0 Å². The lowest BCUT2D eigenvalue weighted by atomic mass is 9.89.